The summed E-state index contributed by atoms with van der Waals surface area (Å²) in [7, 11) is 0. The van der Waals surface area contributed by atoms with Gasteiger partial charge in [0, 0.05) is 11.9 Å². The number of hydrogen-bond donors (Lipinski definition) is 1. The Hall–Kier alpha value is -3.65. The summed E-state index contributed by atoms with van der Waals surface area (Å²) < 4.78 is 7.49. The Bertz CT molecular complexity index is 1150. The molecule has 7 nitrogen and oxygen atoms in total. The number of pyridine rings is 1. The molecule has 0 bridgehead atoms. The molecule has 0 aliphatic heterocycles. The van der Waals surface area contributed by atoms with Crippen LogP contribution < -0.4 is 10.1 Å². The summed E-state index contributed by atoms with van der Waals surface area (Å²) in [5, 5.41) is 12.2. The monoisotopic (exact) mass is 431 g/mol. The second-order valence-electron chi connectivity index (χ2n) is 6.46. The lowest BCUT2D eigenvalue weighted by Crippen LogP contribution is -2.15. The van der Waals surface area contributed by atoms with Crippen molar-refractivity contribution in [1.29, 1.82) is 0 Å². The molecule has 0 radical (unpaired) electrons. The van der Waals surface area contributed by atoms with Gasteiger partial charge >= 0.3 is 0 Å². The first kappa shape index (κ1) is 20.6. The zero-order chi connectivity index (χ0) is 21.5. The number of nitrogens with one attached hydrogen (secondary N) is 1. The molecule has 0 spiro atoms. The number of aromatic nitrogens is 4. The van der Waals surface area contributed by atoms with Crippen molar-refractivity contribution in [3.8, 4) is 23.0 Å². The van der Waals surface area contributed by atoms with Gasteiger partial charge in [0.15, 0.2) is 11.0 Å². The van der Waals surface area contributed by atoms with Crippen molar-refractivity contribution in [1.82, 2.24) is 19.7 Å². The number of rotatable bonds is 8. The van der Waals surface area contributed by atoms with Gasteiger partial charge in [0.1, 0.15) is 11.4 Å². The van der Waals surface area contributed by atoms with Crippen molar-refractivity contribution < 1.29 is 9.53 Å². The van der Waals surface area contributed by atoms with Crippen molar-refractivity contribution in [2.24, 2.45) is 0 Å². The third-order valence-corrected chi connectivity index (χ3v) is 5.26. The predicted molar refractivity (Wildman–Crippen MR) is 122 cm³/mol. The summed E-state index contributed by atoms with van der Waals surface area (Å²) in [6, 6.07) is 22.8. The zero-order valence-electron chi connectivity index (χ0n) is 16.9. The smallest absolute Gasteiger partial charge is 0.234 e. The highest BCUT2D eigenvalue weighted by Gasteiger charge is 2.18. The maximum atomic E-state index is 12.6. The number of amides is 1. The molecule has 31 heavy (non-hydrogen) atoms. The molecule has 0 fully saturated rings. The second-order valence-corrected chi connectivity index (χ2v) is 7.40. The van der Waals surface area contributed by atoms with Gasteiger partial charge in [-0.15, -0.1) is 10.2 Å². The van der Waals surface area contributed by atoms with Crippen molar-refractivity contribution in [3.63, 3.8) is 0 Å². The van der Waals surface area contributed by atoms with Crippen LogP contribution in [0.15, 0.2) is 84.1 Å². The topological polar surface area (TPSA) is 81.9 Å². The van der Waals surface area contributed by atoms with E-state index in [1.165, 1.54) is 11.8 Å². The van der Waals surface area contributed by atoms with Crippen molar-refractivity contribution in [3.05, 3.63) is 79.0 Å². The number of ether oxygens (including phenoxy) is 1. The molecule has 156 valence electrons. The Morgan fingerprint density at radius 3 is 2.55 bits per heavy atom. The lowest BCUT2D eigenvalue weighted by molar-refractivity contribution is -0.113. The molecule has 0 aliphatic carbocycles. The number of carbonyl (C=O) groups excluding carboxylic acids is 1. The molecule has 0 saturated carbocycles. The number of hydrogen-bond acceptors (Lipinski definition) is 6. The number of anilines is 1. The highest BCUT2D eigenvalue weighted by atomic mass is 32.2. The Labute approximate surface area is 184 Å². The Morgan fingerprint density at radius 2 is 1.77 bits per heavy atom. The van der Waals surface area contributed by atoms with Gasteiger partial charge in [0.25, 0.3) is 0 Å². The Balaban J connectivity index is 1.55. The van der Waals surface area contributed by atoms with E-state index in [4.69, 9.17) is 4.74 Å². The Morgan fingerprint density at radius 1 is 1.00 bits per heavy atom. The van der Waals surface area contributed by atoms with E-state index in [-0.39, 0.29) is 11.7 Å². The van der Waals surface area contributed by atoms with E-state index in [0.717, 1.165) is 5.69 Å². The fraction of sp³-hybridized carbons (Fsp3) is 0.130. The predicted octanol–water partition coefficient (Wildman–Crippen LogP) is 4.46. The van der Waals surface area contributed by atoms with E-state index in [9.17, 15) is 4.79 Å². The van der Waals surface area contributed by atoms with Crippen LogP contribution in [-0.2, 0) is 4.79 Å². The van der Waals surface area contributed by atoms with E-state index in [1.807, 2.05) is 84.3 Å². The highest BCUT2D eigenvalue weighted by molar-refractivity contribution is 7.99. The SMILES string of the molecule is CCOc1ccccc1NC(=O)CSc1nnc(-c2ccccn2)n1-c1ccccc1. The maximum Gasteiger partial charge on any atom is 0.234 e. The average molecular weight is 432 g/mol. The molecule has 0 aliphatic rings. The number of benzene rings is 2. The Kier molecular flexibility index (Phi) is 6.59. The van der Waals surface area contributed by atoms with E-state index in [1.54, 1.807) is 6.20 Å². The van der Waals surface area contributed by atoms with Gasteiger partial charge < -0.3 is 10.1 Å². The molecular weight excluding hydrogens is 410 g/mol. The highest BCUT2D eigenvalue weighted by Crippen LogP contribution is 2.28. The van der Waals surface area contributed by atoms with Crippen LogP contribution in [0.5, 0.6) is 5.75 Å². The fourth-order valence-electron chi connectivity index (χ4n) is 3.00. The molecule has 1 N–H and O–H groups in total. The zero-order valence-corrected chi connectivity index (χ0v) is 17.7. The number of nitrogens with zero attached hydrogens (tertiary/aromatic N) is 4. The van der Waals surface area contributed by atoms with Crippen LogP contribution in [0.25, 0.3) is 17.2 Å². The van der Waals surface area contributed by atoms with E-state index in [2.05, 4.69) is 20.5 Å². The minimum atomic E-state index is -0.154. The van der Waals surface area contributed by atoms with Crippen molar-refractivity contribution in [2.75, 3.05) is 17.7 Å². The van der Waals surface area contributed by atoms with Crippen LogP contribution in [0.3, 0.4) is 0 Å². The summed E-state index contributed by atoms with van der Waals surface area (Å²) in [5.74, 6) is 1.29. The van der Waals surface area contributed by atoms with Crippen LogP contribution in [0, 0.1) is 0 Å². The van der Waals surface area contributed by atoms with Gasteiger partial charge in [-0.05, 0) is 43.3 Å². The summed E-state index contributed by atoms with van der Waals surface area (Å²) >= 11 is 1.31. The quantitative estimate of drug-likeness (QED) is 0.415. The molecule has 4 rings (SSSR count). The first-order valence-corrected chi connectivity index (χ1v) is 10.8. The third-order valence-electron chi connectivity index (χ3n) is 4.34. The molecule has 4 aromatic rings. The van der Waals surface area contributed by atoms with Crippen LogP contribution in [-0.4, -0.2) is 38.0 Å². The van der Waals surface area contributed by atoms with Crippen LogP contribution in [0.4, 0.5) is 5.69 Å². The lowest BCUT2D eigenvalue weighted by atomic mass is 10.3. The van der Waals surface area contributed by atoms with Gasteiger partial charge in [-0.1, -0.05) is 48.2 Å². The van der Waals surface area contributed by atoms with Gasteiger partial charge in [-0.3, -0.25) is 14.3 Å². The van der Waals surface area contributed by atoms with Gasteiger partial charge in [0.05, 0.1) is 18.0 Å². The molecule has 0 saturated heterocycles. The largest absolute Gasteiger partial charge is 0.492 e. The number of para-hydroxylation sites is 3. The number of carbonyl (C=O) groups is 1. The molecule has 2 aromatic heterocycles. The summed E-state index contributed by atoms with van der Waals surface area (Å²) in [6.45, 7) is 2.43. The van der Waals surface area contributed by atoms with E-state index >= 15 is 0 Å². The second kappa shape index (κ2) is 9.90. The maximum absolute atomic E-state index is 12.6. The van der Waals surface area contributed by atoms with Crippen LogP contribution >= 0.6 is 11.8 Å². The van der Waals surface area contributed by atoms with Crippen molar-refractivity contribution in [2.45, 2.75) is 12.1 Å². The van der Waals surface area contributed by atoms with Crippen molar-refractivity contribution >= 4 is 23.4 Å². The van der Waals surface area contributed by atoms with Gasteiger partial charge in [-0.2, -0.15) is 0 Å². The van der Waals surface area contributed by atoms with E-state index in [0.29, 0.717) is 34.7 Å². The summed E-state index contributed by atoms with van der Waals surface area (Å²) in [6.07, 6.45) is 1.72. The summed E-state index contributed by atoms with van der Waals surface area (Å²) in [5.41, 5.74) is 2.26. The van der Waals surface area contributed by atoms with Gasteiger partial charge in [-0.25, -0.2) is 0 Å². The molecule has 2 aromatic carbocycles. The molecule has 0 atom stereocenters. The number of thioether (sulfide) groups is 1. The lowest BCUT2D eigenvalue weighted by Gasteiger charge is -2.12. The first-order chi connectivity index (χ1) is 15.3. The van der Waals surface area contributed by atoms with Crippen LogP contribution in [0.1, 0.15) is 6.92 Å². The standard InChI is InChI=1S/C23H21N5O2S/c1-2-30-20-14-7-6-12-18(20)25-21(29)16-31-23-27-26-22(19-13-8-9-15-24-19)28(23)17-10-4-3-5-11-17/h3-15H,2,16H2,1H3,(H,25,29). The molecule has 0 unspecified atom stereocenters. The first-order valence-electron chi connectivity index (χ1n) is 9.83. The minimum Gasteiger partial charge on any atom is -0.492 e. The molecule has 2 heterocycles. The van der Waals surface area contributed by atoms with E-state index < -0.39 is 0 Å². The molecule has 8 heteroatoms. The molecule has 1 amide bonds. The summed E-state index contributed by atoms with van der Waals surface area (Å²) in [4.78, 5) is 17.0. The van der Waals surface area contributed by atoms with Crippen LogP contribution in [0.2, 0.25) is 0 Å². The van der Waals surface area contributed by atoms with Gasteiger partial charge in [0.2, 0.25) is 5.91 Å². The average Bonchev–Trinajstić information content (AvgIpc) is 3.24. The third kappa shape index (κ3) is 4.92. The molecular formula is C23H21N5O2S. The minimum absolute atomic E-state index is 0.154. The fourth-order valence-corrected chi connectivity index (χ4v) is 3.75. The normalized spacial score (nSPS) is 10.6.